The van der Waals surface area contributed by atoms with Gasteiger partial charge in [-0.2, -0.15) is 0 Å². The lowest BCUT2D eigenvalue weighted by Crippen LogP contribution is -2.27. The summed E-state index contributed by atoms with van der Waals surface area (Å²) in [4.78, 5) is 23.6. The van der Waals surface area contributed by atoms with Gasteiger partial charge in [-0.15, -0.1) is 0 Å². The molecule has 0 amide bonds. The molecule has 2 heterocycles. The van der Waals surface area contributed by atoms with E-state index in [1.54, 1.807) is 0 Å². The Balaban J connectivity index is 1.46. The van der Waals surface area contributed by atoms with Crippen LogP contribution in [-0.2, 0) is 28.5 Å². The molecular formula is C20H34O6. The second-order valence-electron chi connectivity index (χ2n) is 7.72. The summed E-state index contributed by atoms with van der Waals surface area (Å²) < 4.78 is 21.7. The first kappa shape index (κ1) is 21.2. The molecule has 0 aliphatic carbocycles. The average Bonchev–Trinajstić information content (AvgIpc) is 2.62. The van der Waals surface area contributed by atoms with Crippen LogP contribution in [0.5, 0.6) is 0 Å². The van der Waals surface area contributed by atoms with E-state index in [4.69, 9.17) is 18.9 Å². The highest BCUT2D eigenvalue weighted by Crippen LogP contribution is 2.21. The third-order valence-electron chi connectivity index (χ3n) is 5.16. The molecule has 6 nitrogen and oxygen atoms in total. The van der Waals surface area contributed by atoms with Gasteiger partial charge in [0.15, 0.2) is 0 Å². The summed E-state index contributed by atoms with van der Waals surface area (Å²) in [7, 11) is 0. The van der Waals surface area contributed by atoms with E-state index in [1.807, 2.05) is 0 Å². The van der Waals surface area contributed by atoms with Crippen LogP contribution >= 0.6 is 0 Å². The van der Waals surface area contributed by atoms with Crippen molar-refractivity contribution in [3.05, 3.63) is 0 Å². The summed E-state index contributed by atoms with van der Waals surface area (Å²) in [6.07, 6.45) is 6.36. The normalized spacial score (nSPS) is 29.2. The fourth-order valence-electron chi connectivity index (χ4n) is 3.59. The Hall–Kier alpha value is -1.14. The minimum atomic E-state index is -0.172. The zero-order valence-electron chi connectivity index (χ0n) is 16.2. The number of carbonyl (C=O) groups excluding carboxylic acids is 2. The second-order valence-corrected chi connectivity index (χ2v) is 7.72. The van der Waals surface area contributed by atoms with Gasteiger partial charge in [0, 0.05) is 26.1 Å². The smallest absolute Gasteiger partial charge is 0.305 e. The van der Waals surface area contributed by atoms with Crippen molar-refractivity contribution in [3.63, 3.8) is 0 Å². The Kier molecular flexibility index (Phi) is 9.40. The van der Waals surface area contributed by atoms with Gasteiger partial charge in [-0.3, -0.25) is 9.59 Å². The van der Waals surface area contributed by atoms with Gasteiger partial charge < -0.3 is 18.9 Å². The predicted molar refractivity (Wildman–Crippen MR) is 96.7 cm³/mol. The predicted octanol–water partition coefficient (Wildman–Crippen LogP) is 3.26. The number of hydrogen-bond donors (Lipinski definition) is 0. The van der Waals surface area contributed by atoms with Crippen LogP contribution in [0.2, 0.25) is 0 Å². The SMILES string of the molecule is CC1CC(COC(=O)CCCCC(=O)OCC2CCOC(C)C2)CCO1. The van der Waals surface area contributed by atoms with Crippen LogP contribution < -0.4 is 0 Å². The van der Waals surface area contributed by atoms with Crippen molar-refractivity contribution in [2.75, 3.05) is 26.4 Å². The molecule has 4 unspecified atom stereocenters. The van der Waals surface area contributed by atoms with Gasteiger partial charge in [0.05, 0.1) is 25.4 Å². The minimum Gasteiger partial charge on any atom is -0.465 e. The van der Waals surface area contributed by atoms with Gasteiger partial charge in [0.25, 0.3) is 0 Å². The van der Waals surface area contributed by atoms with E-state index in [0.717, 1.165) is 38.9 Å². The van der Waals surface area contributed by atoms with Crippen LogP contribution in [0.25, 0.3) is 0 Å². The van der Waals surface area contributed by atoms with E-state index < -0.39 is 0 Å². The molecule has 0 bridgehead atoms. The molecule has 0 N–H and O–H groups in total. The Morgan fingerprint density at radius 1 is 0.808 bits per heavy atom. The van der Waals surface area contributed by atoms with E-state index in [9.17, 15) is 9.59 Å². The van der Waals surface area contributed by atoms with Gasteiger partial charge in [-0.25, -0.2) is 0 Å². The standard InChI is InChI=1S/C20H34O6/c1-15-11-17(7-9-23-15)13-25-19(21)5-3-4-6-20(22)26-14-18-8-10-24-16(2)12-18/h15-18H,3-14H2,1-2H3. The molecule has 0 aromatic carbocycles. The van der Waals surface area contributed by atoms with Gasteiger partial charge in [-0.05, 0) is 64.2 Å². The third-order valence-corrected chi connectivity index (χ3v) is 5.16. The summed E-state index contributed by atoms with van der Waals surface area (Å²) in [6.45, 7) is 6.57. The van der Waals surface area contributed by atoms with Crippen LogP contribution in [0.1, 0.15) is 65.2 Å². The summed E-state index contributed by atoms with van der Waals surface area (Å²) in [5, 5.41) is 0. The fourth-order valence-corrected chi connectivity index (χ4v) is 3.59. The lowest BCUT2D eigenvalue weighted by molar-refractivity contribution is -0.148. The van der Waals surface area contributed by atoms with Gasteiger partial charge in [-0.1, -0.05) is 0 Å². The number of esters is 2. The molecule has 0 saturated carbocycles. The average molecular weight is 370 g/mol. The molecule has 2 rings (SSSR count). The molecule has 4 atom stereocenters. The maximum atomic E-state index is 11.8. The lowest BCUT2D eigenvalue weighted by atomic mass is 9.97. The first-order valence-corrected chi connectivity index (χ1v) is 10.1. The summed E-state index contributed by atoms with van der Waals surface area (Å²) in [5.41, 5.74) is 0. The number of ether oxygens (including phenoxy) is 4. The van der Waals surface area contributed by atoms with E-state index >= 15 is 0 Å². The first-order valence-electron chi connectivity index (χ1n) is 10.1. The largest absolute Gasteiger partial charge is 0.465 e. The molecule has 2 aliphatic rings. The maximum Gasteiger partial charge on any atom is 0.305 e. The zero-order chi connectivity index (χ0) is 18.8. The summed E-state index contributed by atoms with van der Waals surface area (Å²) in [6, 6.07) is 0. The van der Waals surface area contributed by atoms with Crippen LogP contribution in [-0.4, -0.2) is 50.6 Å². The van der Waals surface area contributed by atoms with Crippen LogP contribution in [0.15, 0.2) is 0 Å². The molecule has 150 valence electrons. The highest BCUT2D eigenvalue weighted by Gasteiger charge is 2.21. The lowest BCUT2D eigenvalue weighted by Gasteiger charge is -2.26. The van der Waals surface area contributed by atoms with Crippen molar-refractivity contribution in [2.24, 2.45) is 11.8 Å². The number of unbranched alkanes of at least 4 members (excludes halogenated alkanes) is 1. The monoisotopic (exact) mass is 370 g/mol. The Morgan fingerprint density at radius 2 is 1.23 bits per heavy atom. The van der Waals surface area contributed by atoms with E-state index in [0.29, 0.717) is 50.7 Å². The number of hydrogen-bond acceptors (Lipinski definition) is 6. The topological polar surface area (TPSA) is 71.1 Å². The van der Waals surface area contributed by atoms with E-state index in [1.165, 1.54) is 0 Å². The number of rotatable bonds is 9. The van der Waals surface area contributed by atoms with Crippen molar-refractivity contribution in [1.29, 1.82) is 0 Å². The first-order chi connectivity index (χ1) is 12.5. The zero-order valence-corrected chi connectivity index (χ0v) is 16.2. The minimum absolute atomic E-state index is 0.172. The van der Waals surface area contributed by atoms with E-state index in [-0.39, 0.29) is 24.1 Å². The number of carbonyl (C=O) groups is 2. The van der Waals surface area contributed by atoms with Crippen molar-refractivity contribution in [3.8, 4) is 0 Å². The highest BCUT2D eigenvalue weighted by atomic mass is 16.5. The molecule has 0 aromatic rings. The molecule has 26 heavy (non-hydrogen) atoms. The third kappa shape index (κ3) is 8.49. The fraction of sp³-hybridized carbons (Fsp3) is 0.900. The molecule has 6 heteroatoms. The maximum absolute atomic E-state index is 11.8. The molecule has 0 radical (unpaired) electrons. The molecular weight excluding hydrogens is 336 g/mol. The Bertz CT molecular complexity index is 398. The van der Waals surface area contributed by atoms with Crippen LogP contribution in [0, 0.1) is 11.8 Å². The Labute approximate surface area is 156 Å². The van der Waals surface area contributed by atoms with Gasteiger partial charge in [0.1, 0.15) is 0 Å². The molecule has 0 aromatic heterocycles. The quantitative estimate of drug-likeness (QED) is 0.458. The van der Waals surface area contributed by atoms with Crippen molar-refractivity contribution >= 4 is 11.9 Å². The molecule has 2 saturated heterocycles. The van der Waals surface area contributed by atoms with Gasteiger partial charge in [0.2, 0.25) is 0 Å². The molecule has 2 fully saturated rings. The Morgan fingerprint density at radius 3 is 1.62 bits per heavy atom. The molecule has 2 aliphatic heterocycles. The van der Waals surface area contributed by atoms with Crippen molar-refractivity contribution < 1.29 is 28.5 Å². The molecule has 0 spiro atoms. The van der Waals surface area contributed by atoms with Crippen LogP contribution in [0.3, 0.4) is 0 Å². The van der Waals surface area contributed by atoms with Crippen LogP contribution in [0.4, 0.5) is 0 Å². The van der Waals surface area contributed by atoms with Crippen molar-refractivity contribution in [2.45, 2.75) is 77.4 Å². The summed E-state index contributed by atoms with van der Waals surface area (Å²) in [5.74, 6) is 0.471. The second kappa shape index (κ2) is 11.5. The highest BCUT2D eigenvalue weighted by molar-refractivity contribution is 5.70. The summed E-state index contributed by atoms with van der Waals surface area (Å²) >= 11 is 0. The van der Waals surface area contributed by atoms with Gasteiger partial charge >= 0.3 is 11.9 Å². The van der Waals surface area contributed by atoms with Crippen molar-refractivity contribution in [1.82, 2.24) is 0 Å². The van der Waals surface area contributed by atoms with E-state index in [2.05, 4.69) is 13.8 Å².